The predicted octanol–water partition coefficient (Wildman–Crippen LogP) is 0.753. The maximum Gasteiger partial charge on any atom is 0.269 e. The number of benzene rings is 1. The third-order valence-corrected chi connectivity index (χ3v) is 4.74. The van der Waals surface area contributed by atoms with Crippen molar-refractivity contribution in [1.29, 1.82) is 0 Å². The third kappa shape index (κ3) is 3.09. The first kappa shape index (κ1) is 13.9. The van der Waals surface area contributed by atoms with Gasteiger partial charge in [-0.05, 0) is 25.0 Å². The van der Waals surface area contributed by atoms with Crippen molar-refractivity contribution < 1.29 is 13.3 Å². The van der Waals surface area contributed by atoms with Crippen molar-refractivity contribution in [2.45, 2.75) is 36.2 Å². The molecule has 8 heteroatoms. The lowest BCUT2D eigenvalue weighted by Crippen LogP contribution is -2.43. The Bertz CT molecular complexity index is 570. The molecule has 0 unspecified atom stereocenters. The second-order valence-electron chi connectivity index (χ2n) is 4.57. The number of hydrogen-bond donors (Lipinski definition) is 2. The van der Waals surface area contributed by atoms with Crippen molar-refractivity contribution in [3.63, 3.8) is 0 Å². The minimum Gasteiger partial charge on any atom is -0.326 e. The Morgan fingerprint density at radius 3 is 2.37 bits per heavy atom. The van der Waals surface area contributed by atoms with E-state index in [1.54, 1.807) is 0 Å². The van der Waals surface area contributed by atoms with E-state index < -0.39 is 14.9 Å². The maximum absolute atomic E-state index is 12.1. The highest BCUT2D eigenvalue weighted by molar-refractivity contribution is 7.89. The van der Waals surface area contributed by atoms with E-state index in [0.717, 1.165) is 12.8 Å². The average Bonchev–Trinajstić information content (AvgIpc) is 2.74. The number of nitrogens with zero attached hydrogens (tertiary/aromatic N) is 1. The van der Waals surface area contributed by atoms with Crippen LogP contribution in [-0.4, -0.2) is 25.4 Å². The molecule has 19 heavy (non-hydrogen) atoms. The lowest BCUT2D eigenvalue weighted by molar-refractivity contribution is -0.384. The first-order valence-corrected chi connectivity index (χ1v) is 7.41. The van der Waals surface area contributed by atoms with E-state index >= 15 is 0 Å². The minimum atomic E-state index is -3.67. The van der Waals surface area contributed by atoms with E-state index in [1.165, 1.54) is 24.3 Å². The number of non-ortho nitro benzene ring substituents is 1. The summed E-state index contributed by atoms with van der Waals surface area (Å²) in [5.41, 5.74) is 5.67. The Labute approximate surface area is 111 Å². The largest absolute Gasteiger partial charge is 0.326 e. The normalized spacial score (nSPS) is 23.4. The van der Waals surface area contributed by atoms with Crippen molar-refractivity contribution in [3.8, 4) is 0 Å². The zero-order valence-electron chi connectivity index (χ0n) is 10.2. The number of nitro benzene ring substituents is 1. The fraction of sp³-hybridized carbons (Fsp3) is 0.455. The summed E-state index contributed by atoms with van der Waals surface area (Å²) in [6.45, 7) is 0. The van der Waals surface area contributed by atoms with Gasteiger partial charge in [0.25, 0.3) is 5.69 Å². The van der Waals surface area contributed by atoms with Gasteiger partial charge in [-0.2, -0.15) is 0 Å². The molecule has 0 amide bonds. The lowest BCUT2D eigenvalue weighted by atomic mass is 10.2. The van der Waals surface area contributed by atoms with Gasteiger partial charge in [0.2, 0.25) is 10.0 Å². The molecule has 0 saturated heterocycles. The van der Waals surface area contributed by atoms with Gasteiger partial charge in [0.1, 0.15) is 0 Å². The highest BCUT2D eigenvalue weighted by atomic mass is 32.2. The van der Waals surface area contributed by atoms with Gasteiger partial charge < -0.3 is 5.73 Å². The van der Waals surface area contributed by atoms with E-state index in [2.05, 4.69) is 4.72 Å². The van der Waals surface area contributed by atoms with Crippen LogP contribution in [0.25, 0.3) is 0 Å². The Morgan fingerprint density at radius 2 is 1.89 bits per heavy atom. The van der Waals surface area contributed by atoms with Crippen molar-refractivity contribution >= 4 is 15.7 Å². The van der Waals surface area contributed by atoms with Crippen LogP contribution in [0.4, 0.5) is 5.69 Å². The molecule has 7 nitrogen and oxygen atoms in total. The second-order valence-corrected chi connectivity index (χ2v) is 6.29. The van der Waals surface area contributed by atoms with Crippen molar-refractivity contribution in [2.24, 2.45) is 5.73 Å². The van der Waals surface area contributed by atoms with Gasteiger partial charge in [-0.25, -0.2) is 13.1 Å². The van der Waals surface area contributed by atoms with Crippen LogP contribution in [0.15, 0.2) is 29.2 Å². The molecule has 1 aromatic carbocycles. The van der Waals surface area contributed by atoms with Crippen molar-refractivity contribution in [3.05, 3.63) is 34.4 Å². The van der Waals surface area contributed by atoms with Crippen molar-refractivity contribution in [2.75, 3.05) is 0 Å². The zero-order valence-corrected chi connectivity index (χ0v) is 11.0. The molecule has 104 valence electrons. The second kappa shape index (κ2) is 5.24. The molecular weight excluding hydrogens is 270 g/mol. The topological polar surface area (TPSA) is 115 Å². The van der Waals surface area contributed by atoms with Crippen LogP contribution >= 0.6 is 0 Å². The Hall–Kier alpha value is -1.51. The molecule has 0 heterocycles. The Morgan fingerprint density at radius 1 is 1.26 bits per heavy atom. The van der Waals surface area contributed by atoms with Gasteiger partial charge in [-0.15, -0.1) is 0 Å². The van der Waals surface area contributed by atoms with Gasteiger partial charge in [0.15, 0.2) is 0 Å². The van der Waals surface area contributed by atoms with Crippen molar-refractivity contribution in [1.82, 2.24) is 4.72 Å². The van der Waals surface area contributed by atoms with Crippen LogP contribution in [0, 0.1) is 10.1 Å². The summed E-state index contributed by atoms with van der Waals surface area (Å²) in [4.78, 5) is 9.95. The predicted molar refractivity (Wildman–Crippen MR) is 69.0 cm³/mol. The van der Waals surface area contributed by atoms with E-state index in [-0.39, 0.29) is 22.7 Å². The molecule has 0 aliphatic heterocycles. The quantitative estimate of drug-likeness (QED) is 0.625. The van der Waals surface area contributed by atoms with Crippen LogP contribution in [0.2, 0.25) is 0 Å². The molecular formula is C11H15N3O4S. The monoisotopic (exact) mass is 285 g/mol. The van der Waals surface area contributed by atoms with Crippen LogP contribution < -0.4 is 10.5 Å². The van der Waals surface area contributed by atoms with E-state index in [9.17, 15) is 18.5 Å². The summed E-state index contributed by atoms with van der Waals surface area (Å²) in [7, 11) is -3.67. The molecule has 0 bridgehead atoms. The first-order chi connectivity index (χ1) is 8.90. The molecule has 0 spiro atoms. The molecule has 3 N–H and O–H groups in total. The van der Waals surface area contributed by atoms with Gasteiger partial charge in [-0.3, -0.25) is 10.1 Å². The van der Waals surface area contributed by atoms with Crippen LogP contribution in [0.3, 0.4) is 0 Å². The molecule has 2 rings (SSSR count). The van der Waals surface area contributed by atoms with Crippen LogP contribution in [0.1, 0.15) is 19.3 Å². The van der Waals surface area contributed by atoms with Crippen LogP contribution in [-0.2, 0) is 10.0 Å². The van der Waals surface area contributed by atoms with Gasteiger partial charge in [-0.1, -0.05) is 6.42 Å². The molecule has 0 aromatic heterocycles. The average molecular weight is 285 g/mol. The molecule has 1 aliphatic carbocycles. The standard InChI is InChI=1S/C11H15N3O4S/c12-10-2-1-3-11(10)13-19(17,18)9-6-4-8(5-7-9)14(15)16/h4-7,10-11,13H,1-3,12H2/t10-,11+/m1/s1. The fourth-order valence-corrected chi connectivity index (χ4v) is 3.47. The number of nitrogens with one attached hydrogen (secondary N) is 1. The minimum absolute atomic E-state index is 0.0113. The van der Waals surface area contributed by atoms with Crippen LogP contribution in [0.5, 0.6) is 0 Å². The maximum atomic E-state index is 12.1. The third-order valence-electron chi connectivity index (χ3n) is 3.23. The van der Waals surface area contributed by atoms with Gasteiger partial charge in [0.05, 0.1) is 9.82 Å². The Kier molecular flexibility index (Phi) is 3.83. The summed E-state index contributed by atoms with van der Waals surface area (Å²) in [6, 6.07) is 4.35. The van der Waals surface area contributed by atoms with E-state index in [1.807, 2.05) is 0 Å². The van der Waals surface area contributed by atoms with E-state index in [4.69, 9.17) is 5.73 Å². The summed E-state index contributed by atoms with van der Waals surface area (Å²) in [6.07, 6.45) is 2.41. The molecule has 2 atom stereocenters. The lowest BCUT2D eigenvalue weighted by Gasteiger charge is -2.17. The summed E-state index contributed by atoms with van der Waals surface area (Å²) in [5.74, 6) is 0. The van der Waals surface area contributed by atoms with Gasteiger partial charge >= 0.3 is 0 Å². The Balaban J connectivity index is 2.17. The van der Waals surface area contributed by atoms with Gasteiger partial charge in [0, 0.05) is 24.2 Å². The number of hydrogen-bond acceptors (Lipinski definition) is 5. The zero-order chi connectivity index (χ0) is 14.0. The highest BCUT2D eigenvalue weighted by Gasteiger charge is 2.28. The smallest absolute Gasteiger partial charge is 0.269 e. The highest BCUT2D eigenvalue weighted by Crippen LogP contribution is 2.21. The number of sulfonamides is 1. The first-order valence-electron chi connectivity index (χ1n) is 5.92. The SMILES string of the molecule is N[C@@H]1CCC[C@@H]1NS(=O)(=O)c1ccc([N+](=O)[O-])cc1. The molecule has 1 aromatic rings. The van der Waals surface area contributed by atoms with E-state index in [0.29, 0.717) is 6.42 Å². The fourth-order valence-electron chi connectivity index (χ4n) is 2.15. The number of rotatable bonds is 4. The molecule has 1 aliphatic rings. The summed E-state index contributed by atoms with van der Waals surface area (Å²) >= 11 is 0. The molecule has 0 radical (unpaired) electrons. The number of nitro groups is 1. The summed E-state index contributed by atoms with van der Waals surface area (Å²) < 4.78 is 26.7. The summed E-state index contributed by atoms with van der Waals surface area (Å²) in [5, 5.41) is 10.5. The molecule has 1 fully saturated rings. The molecule has 1 saturated carbocycles. The number of nitrogens with two attached hydrogens (primary N) is 1.